The van der Waals surface area contributed by atoms with Crippen molar-refractivity contribution in [3.8, 4) is 5.95 Å². The predicted octanol–water partition coefficient (Wildman–Crippen LogP) is 3.19. The summed E-state index contributed by atoms with van der Waals surface area (Å²) >= 11 is 0. The Hall–Kier alpha value is -5.04. The Kier molecular flexibility index (Phi) is 14.1. The number of epoxide rings is 1. The number of benzene rings is 2. The molecule has 1 aromatic heterocycles. The van der Waals surface area contributed by atoms with Gasteiger partial charge in [-0.2, -0.15) is 0 Å². The highest BCUT2D eigenvalue weighted by Crippen LogP contribution is 2.29. The zero-order valence-electron chi connectivity index (χ0n) is 30.5. The molecule has 13 nitrogen and oxygen atoms in total. The highest BCUT2D eigenvalue weighted by atomic mass is 16.6. The number of hydrogen-bond donors (Lipinski definition) is 5. The fraction of sp³-hybridized carbons (Fsp3) is 0.487. The summed E-state index contributed by atoms with van der Waals surface area (Å²) < 4.78 is 10.0. The van der Waals surface area contributed by atoms with Crippen molar-refractivity contribution >= 4 is 29.4 Å². The number of amides is 4. The van der Waals surface area contributed by atoms with Crippen LogP contribution in [0.2, 0.25) is 0 Å². The van der Waals surface area contributed by atoms with Crippen LogP contribution in [-0.4, -0.2) is 76.1 Å². The third-order valence-electron chi connectivity index (χ3n) is 8.80. The molecule has 2 heterocycles. The summed E-state index contributed by atoms with van der Waals surface area (Å²) in [7, 11) is 0. The Morgan fingerprint density at radius 2 is 1.27 bits per heavy atom. The van der Waals surface area contributed by atoms with Crippen molar-refractivity contribution in [2.24, 2.45) is 11.8 Å². The summed E-state index contributed by atoms with van der Waals surface area (Å²) in [4.78, 5) is 68.1. The fourth-order valence-corrected chi connectivity index (χ4v) is 5.92. The molecule has 1 saturated heterocycles. The molecular formula is C39H51N5O8. The Morgan fingerprint density at radius 3 is 1.83 bits per heavy atom. The van der Waals surface area contributed by atoms with Crippen molar-refractivity contribution < 1.29 is 38.3 Å². The van der Waals surface area contributed by atoms with E-state index in [-0.39, 0.29) is 55.6 Å². The lowest BCUT2D eigenvalue weighted by Gasteiger charge is -2.28. The van der Waals surface area contributed by atoms with Crippen LogP contribution in [0.1, 0.15) is 70.7 Å². The van der Waals surface area contributed by atoms with E-state index < -0.39 is 59.3 Å². The molecule has 280 valence electrons. The number of aromatic nitrogens is 1. The molecule has 5 unspecified atom stereocenters. The highest BCUT2D eigenvalue weighted by Gasteiger charge is 2.50. The topological polar surface area (TPSA) is 192 Å². The number of Topliss-reactive ketones (excluding diaryl/α,β-unsaturated/α-hetero) is 1. The number of nitrogens with one attached hydrogen (secondary N) is 4. The van der Waals surface area contributed by atoms with Gasteiger partial charge in [0.1, 0.15) is 23.7 Å². The monoisotopic (exact) mass is 717 g/mol. The van der Waals surface area contributed by atoms with E-state index in [0.29, 0.717) is 12.8 Å². The van der Waals surface area contributed by atoms with Crippen LogP contribution in [0.4, 0.5) is 0 Å². The summed E-state index contributed by atoms with van der Waals surface area (Å²) in [6.07, 6.45) is 1.25. The summed E-state index contributed by atoms with van der Waals surface area (Å²) in [5, 5.41) is 24.4. The quantitative estimate of drug-likeness (QED) is 0.109. The van der Waals surface area contributed by atoms with E-state index in [4.69, 9.17) is 4.74 Å². The first kappa shape index (κ1) is 39.7. The van der Waals surface area contributed by atoms with Gasteiger partial charge in [0.25, 0.3) is 0 Å². The van der Waals surface area contributed by atoms with Crippen LogP contribution in [0.15, 0.2) is 71.3 Å². The van der Waals surface area contributed by atoms with Crippen molar-refractivity contribution in [2.75, 3.05) is 6.61 Å². The molecule has 5 N–H and O–H groups in total. The molecule has 0 saturated carbocycles. The Bertz CT molecular complexity index is 1660. The first-order valence-corrected chi connectivity index (χ1v) is 17.8. The summed E-state index contributed by atoms with van der Waals surface area (Å²) in [5.41, 5.74) is 0.994. The van der Waals surface area contributed by atoms with Crippen LogP contribution in [0.25, 0.3) is 0 Å². The molecule has 1 aliphatic heterocycles. The normalized spacial score (nSPS) is 17.4. The van der Waals surface area contributed by atoms with Crippen LogP contribution in [-0.2, 0) is 48.0 Å². The Labute approximate surface area is 304 Å². The first-order chi connectivity index (χ1) is 24.7. The number of ketones is 1. The molecule has 0 spiro atoms. The number of rotatable bonds is 20. The molecular weight excluding hydrogens is 666 g/mol. The minimum atomic E-state index is -1.07. The van der Waals surface area contributed by atoms with Gasteiger partial charge in [-0.25, -0.2) is 0 Å². The standard InChI is InChI=1S/C39H51N5O8/c1-24(2)18-30(35(47)39(5)23-51-39)41-38(50)32(20-27-14-10-7-11-15-27)43-37(49)31(19-25(3)4)42-36(48)29(17-16-26-12-8-6-9-13-26)40-33(45)21-28-22-34(46)52-44-28/h6-15,22,24-25,29-32,46H,16-21,23H2,1-5H3,(H,40,45)(H,41,50)(H,42,48)(H,43,49). The van der Waals surface area contributed by atoms with Crippen LogP contribution >= 0.6 is 0 Å². The van der Waals surface area contributed by atoms with E-state index in [0.717, 1.165) is 11.1 Å². The molecule has 1 aliphatic rings. The third-order valence-corrected chi connectivity index (χ3v) is 8.80. The SMILES string of the molecule is CC(C)CC(NC(=O)C(CCc1ccccc1)NC(=O)Cc1cc(O)on1)C(=O)NC(Cc1ccccc1)C(=O)NC(CC(C)C)C(=O)C1(C)CO1. The second kappa shape index (κ2) is 18.5. The van der Waals surface area contributed by atoms with E-state index in [1.807, 2.05) is 88.4 Å². The summed E-state index contributed by atoms with van der Waals surface area (Å²) in [6, 6.07) is 15.9. The molecule has 13 heteroatoms. The minimum Gasteiger partial charge on any atom is -0.479 e. The maximum atomic E-state index is 14.0. The number of ether oxygens (including phenoxy) is 1. The van der Waals surface area contributed by atoms with Crippen molar-refractivity contribution in [1.82, 2.24) is 26.4 Å². The molecule has 5 atom stereocenters. The van der Waals surface area contributed by atoms with Crippen molar-refractivity contribution in [1.29, 1.82) is 0 Å². The molecule has 2 aromatic carbocycles. The molecule has 0 aliphatic carbocycles. The van der Waals surface area contributed by atoms with Crippen LogP contribution in [0.5, 0.6) is 5.95 Å². The summed E-state index contributed by atoms with van der Waals surface area (Å²) in [5.74, 6) is -2.77. The van der Waals surface area contributed by atoms with Gasteiger partial charge < -0.3 is 35.6 Å². The Balaban J connectivity index is 1.53. The van der Waals surface area contributed by atoms with Gasteiger partial charge in [0.15, 0.2) is 5.78 Å². The van der Waals surface area contributed by atoms with E-state index >= 15 is 0 Å². The molecule has 3 aromatic rings. The van der Waals surface area contributed by atoms with E-state index in [1.54, 1.807) is 6.92 Å². The third kappa shape index (κ3) is 12.3. The average molecular weight is 718 g/mol. The second-order valence-electron chi connectivity index (χ2n) is 14.5. The zero-order chi connectivity index (χ0) is 37.8. The van der Waals surface area contributed by atoms with Crippen molar-refractivity contribution in [3.05, 3.63) is 83.6 Å². The Morgan fingerprint density at radius 1 is 0.750 bits per heavy atom. The van der Waals surface area contributed by atoms with Crippen molar-refractivity contribution in [3.63, 3.8) is 0 Å². The largest absolute Gasteiger partial charge is 0.479 e. The van der Waals surface area contributed by atoms with Gasteiger partial charge in [0, 0.05) is 12.5 Å². The van der Waals surface area contributed by atoms with E-state index in [2.05, 4.69) is 30.9 Å². The maximum absolute atomic E-state index is 14.0. The summed E-state index contributed by atoms with van der Waals surface area (Å²) in [6.45, 7) is 9.72. The fourth-order valence-electron chi connectivity index (χ4n) is 5.92. The van der Waals surface area contributed by atoms with Crippen LogP contribution in [0.3, 0.4) is 0 Å². The van der Waals surface area contributed by atoms with E-state index in [1.165, 1.54) is 6.07 Å². The number of nitrogens with zero attached hydrogens (tertiary/aromatic N) is 1. The van der Waals surface area contributed by atoms with Gasteiger partial charge in [0.2, 0.25) is 23.6 Å². The molecule has 52 heavy (non-hydrogen) atoms. The number of aromatic hydroxyl groups is 1. The zero-order valence-corrected chi connectivity index (χ0v) is 30.5. The van der Waals surface area contributed by atoms with Gasteiger partial charge in [-0.1, -0.05) is 93.5 Å². The van der Waals surface area contributed by atoms with E-state index in [9.17, 15) is 29.1 Å². The lowest BCUT2D eigenvalue weighted by molar-refractivity contribution is -0.135. The minimum absolute atomic E-state index is 0.0259. The molecule has 1 fully saturated rings. The predicted molar refractivity (Wildman–Crippen MR) is 193 cm³/mol. The van der Waals surface area contributed by atoms with Crippen LogP contribution in [0, 0.1) is 11.8 Å². The van der Waals surface area contributed by atoms with Gasteiger partial charge in [-0.15, -0.1) is 0 Å². The number of carbonyl (C=O) groups is 5. The lowest BCUT2D eigenvalue weighted by Crippen LogP contribution is -2.59. The number of hydrogen-bond acceptors (Lipinski definition) is 9. The highest BCUT2D eigenvalue weighted by molar-refractivity contribution is 5.98. The maximum Gasteiger partial charge on any atom is 0.308 e. The van der Waals surface area contributed by atoms with Crippen LogP contribution < -0.4 is 21.3 Å². The lowest BCUT2D eigenvalue weighted by atomic mass is 9.93. The van der Waals surface area contributed by atoms with Gasteiger partial charge in [-0.05, 0) is 55.6 Å². The van der Waals surface area contributed by atoms with Gasteiger partial charge in [0.05, 0.1) is 24.8 Å². The average Bonchev–Trinajstić information content (AvgIpc) is 3.73. The number of aryl methyl sites for hydroxylation is 1. The van der Waals surface area contributed by atoms with Gasteiger partial charge in [-0.3, -0.25) is 24.0 Å². The second-order valence-corrected chi connectivity index (χ2v) is 14.5. The molecule has 0 radical (unpaired) electrons. The molecule has 4 rings (SSSR count). The number of carbonyl (C=O) groups excluding carboxylic acids is 5. The van der Waals surface area contributed by atoms with Crippen molar-refractivity contribution in [2.45, 2.75) is 103 Å². The van der Waals surface area contributed by atoms with Gasteiger partial charge >= 0.3 is 5.95 Å². The first-order valence-electron chi connectivity index (χ1n) is 17.8. The smallest absolute Gasteiger partial charge is 0.308 e. The molecule has 0 bridgehead atoms. The molecule has 4 amide bonds.